The summed E-state index contributed by atoms with van der Waals surface area (Å²) in [4.78, 5) is 12.2. The van der Waals surface area contributed by atoms with E-state index in [-0.39, 0.29) is 12.5 Å². The van der Waals surface area contributed by atoms with Crippen molar-refractivity contribution in [1.29, 1.82) is 0 Å². The van der Waals surface area contributed by atoms with Crippen molar-refractivity contribution in [2.75, 3.05) is 6.61 Å². The van der Waals surface area contributed by atoms with Crippen LogP contribution in [0, 0.1) is 12.8 Å². The third-order valence-corrected chi connectivity index (χ3v) is 4.22. The summed E-state index contributed by atoms with van der Waals surface area (Å²) in [6.45, 7) is 6.87. The fourth-order valence-electron chi connectivity index (χ4n) is 2.56. The second-order valence-corrected chi connectivity index (χ2v) is 6.82. The number of nitrogens with one attached hydrogen (secondary N) is 1. The SMILES string of the molecule is Cc1nn(CC(C)C)c(Cl)c1/C=N\NC(=O)[C@H]1COc2ccccc2O1. The van der Waals surface area contributed by atoms with E-state index in [0.29, 0.717) is 34.7 Å². The Morgan fingerprint density at radius 3 is 2.92 bits per heavy atom. The highest BCUT2D eigenvalue weighted by molar-refractivity contribution is 6.32. The number of amides is 1. The Morgan fingerprint density at radius 2 is 2.19 bits per heavy atom. The third-order valence-electron chi connectivity index (χ3n) is 3.82. The van der Waals surface area contributed by atoms with Crippen LogP contribution in [-0.2, 0) is 11.3 Å². The molecule has 7 nitrogen and oxygen atoms in total. The average molecular weight is 377 g/mol. The molecule has 2 aromatic rings. The van der Waals surface area contributed by atoms with Crippen LogP contribution in [0.3, 0.4) is 0 Å². The number of benzene rings is 1. The maximum Gasteiger partial charge on any atom is 0.284 e. The molecule has 1 N–H and O–H groups in total. The first-order valence-corrected chi connectivity index (χ1v) is 8.77. The maximum absolute atomic E-state index is 12.2. The van der Waals surface area contributed by atoms with Gasteiger partial charge in [-0.2, -0.15) is 10.2 Å². The van der Waals surface area contributed by atoms with Crippen LogP contribution in [0.4, 0.5) is 0 Å². The number of aryl methyl sites for hydroxylation is 1. The summed E-state index contributed by atoms with van der Waals surface area (Å²) < 4.78 is 12.9. The van der Waals surface area contributed by atoms with E-state index in [0.717, 1.165) is 5.69 Å². The van der Waals surface area contributed by atoms with Crippen molar-refractivity contribution in [3.63, 3.8) is 0 Å². The van der Waals surface area contributed by atoms with Crippen molar-refractivity contribution in [2.45, 2.75) is 33.4 Å². The molecule has 0 bridgehead atoms. The second-order valence-electron chi connectivity index (χ2n) is 6.46. The Bertz CT molecular complexity index is 832. The molecule has 1 aliphatic heterocycles. The summed E-state index contributed by atoms with van der Waals surface area (Å²) in [5.74, 6) is 1.19. The van der Waals surface area contributed by atoms with Gasteiger partial charge in [-0.15, -0.1) is 0 Å². The molecule has 0 aliphatic carbocycles. The van der Waals surface area contributed by atoms with Crippen LogP contribution < -0.4 is 14.9 Å². The molecule has 1 atom stereocenters. The van der Waals surface area contributed by atoms with Gasteiger partial charge in [-0.1, -0.05) is 37.6 Å². The molecule has 0 saturated heterocycles. The van der Waals surface area contributed by atoms with E-state index in [4.69, 9.17) is 21.1 Å². The van der Waals surface area contributed by atoms with Gasteiger partial charge in [0.1, 0.15) is 11.8 Å². The van der Waals surface area contributed by atoms with Crippen molar-refractivity contribution in [3.8, 4) is 11.5 Å². The zero-order valence-corrected chi connectivity index (χ0v) is 15.7. The van der Waals surface area contributed by atoms with Gasteiger partial charge >= 0.3 is 0 Å². The number of carbonyl (C=O) groups is 1. The third kappa shape index (κ3) is 3.99. The molecule has 26 heavy (non-hydrogen) atoms. The van der Waals surface area contributed by atoms with Crippen LogP contribution in [0.15, 0.2) is 29.4 Å². The largest absolute Gasteiger partial charge is 0.485 e. The summed E-state index contributed by atoms with van der Waals surface area (Å²) in [5.41, 5.74) is 3.90. The molecule has 2 heterocycles. The minimum absolute atomic E-state index is 0.129. The minimum atomic E-state index is -0.762. The van der Waals surface area contributed by atoms with Gasteiger partial charge in [-0.3, -0.25) is 9.48 Å². The number of fused-ring (bicyclic) bond motifs is 1. The number of hydrogen-bond acceptors (Lipinski definition) is 5. The maximum atomic E-state index is 12.2. The topological polar surface area (TPSA) is 77.7 Å². The van der Waals surface area contributed by atoms with Crippen LogP contribution in [0.5, 0.6) is 11.5 Å². The summed E-state index contributed by atoms with van der Waals surface area (Å²) in [6.07, 6.45) is 0.735. The normalized spacial score (nSPS) is 16.3. The fraction of sp³-hybridized carbons (Fsp3) is 0.389. The van der Waals surface area contributed by atoms with Crippen LogP contribution in [0.1, 0.15) is 25.1 Å². The van der Waals surface area contributed by atoms with Crippen molar-refractivity contribution in [1.82, 2.24) is 15.2 Å². The second kappa shape index (κ2) is 7.78. The lowest BCUT2D eigenvalue weighted by atomic mass is 10.2. The zero-order valence-electron chi connectivity index (χ0n) is 14.9. The van der Waals surface area contributed by atoms with Crippen molar-refractivity contribution in [3.05, 3.63) is 40.7 Å². The van der Waals surface area contributed by atoms with E-state index >= 15 is 0 Å². The number of hydrogen-bond donors (Lipinski definition) is 1. The molecule has 1 amide bonds. The first kappa shape index (κ1) is 18.3. The van der Waals surface area contributed by atoms with Crippen molar-refractivity contribution >= 4 is 23.7 Å². The number of carbonyl (C=O) groups excluding carboxylic acids is 1. The van der Waals surface area contributed by atoms with E-state index in [1.54, 1.807) is 16.8 Å². The van der Waals surface area contributed by atoms with Crippen LogP contribution >= 0.6 is 11.6 Å². The fourth-order valence-corrected chi connectivity index (χ4v) is 2.85. The van der Waals surface area contributed by atoms with Crippen molar-refractivity contribution in [2.24, 2.45) is 11.0 Å². The Morgan fingerprint density at radius 1 is 1.46 bits per heavy atom. The highest BCUT2D eigenvalue weighted by atomic mass is 35.5. The standard InChI is InChI=1S/C18H21ClN4O3/c1-11(2)9-23-17(19)13(12(3)22-23)8-20-21-18(24)16-10-25-14-6-4-5-7-15(14)26-16/h4-8,11,16H,9-10H2,1-3H3,(H,21,24)/b20-8-/t16-/m1/s1. The molecule has 1 aromatic carbocycles. The molecule has 0 fully saturated rings. The van der Waals surface area contributed by atoms with Crippen molar-refractivity contribution < 1.29 is 14.3 Å². The molecule has 0 saturated carbocycles. The lowest BCUT2D eigenvalue weighted by Crippen LogP contribution is -2.42. The van der Waals surface area contributed by atoms with Gasteiger partial charge in [0, 0.05) is 6.54 Å². The highest BCUT2D eigenvalue weighted by Gasteiger charge is 2.27. The van der Waals surface area contributed by atoms with Gasteiger partial charge in [0.15, 0.2) is 11.5 Å². The zero-order chi connectivity index (χ0) is 18.7. The number of hydrazone groups is 1. The lowest BCUT2D eigenvalue weighted by Gasteiger charge is -2.24. The molecule has 1 aliphatic rings. The number of para-hydroxylation sites is 2. The smallest absolute Gasteiger partial charge is 0.284 e. The number of halogens is 1. The molecule has 1 aromatic heterocycles. The van der Waals surface area contributed by atoms with Gasteiger partial charge < -0.3 is 9.47 Å². The summed E-state index contributed by atoms with van der Waals surface area (Å²) >= 11 is 6.35. The van der Waals surface area contributed by atoms with E-state index in [2.05, 4.69) is 29.5 Å². The molecule has 0 spiro atoms. The highest BCUT2D eigenvalue weighted by Crippen LogP contribution is 2.30. The van der Waals surface area contributed by atoms with E-state index < -0.39 is 6.10 Å². The van der Waals surface area contributed by atoms with E-state index in [1.165, 1.54) is 6.21 Å². The Hall–Kier alpha value is -2.54. The number of nitrogens with zero attached hydrogens (tertiary/aromatic N) is 3. The first-order chi connectivity index (χ1) is 12.5. The molecular formula is C18H21ClN4O3. The first-order valence-electron chi connectivity index (χ1n) is 8.40. The van der Waals surface area contributed by atoms with Gasteiger partial charge in [0.25, 0.3) is 5.91 Å². The van der Waals surface area contributed by atoms with Gasteiger partial charge in [0.2, 0.25) is 6.10 Å². The van der Waals surface area contributed by atoms with Crippen LogP contribution in [0.2, 0.25) is 5.15 Å². The molecule has 0 radical (unpaired) electrons. The van der Waals surface area contributed by atoms with Gasteiger partial charge in [-0.05, 0) is 25.0 Å². The predicted octanol–water partition coefficient (Wildman–Crippen LogP) is 2.79. The monoisotopic (exact) mass is 376 g/mol. The quantitative estimate of drug-likeness (QED) is 0.643. The van der Waals surface area contributed by atoms with Crippen LogP contribution in [-0.4, -0.2) is 34.6 Å². The summed E-state index contributed by atoms with van der Waals surface area (Å²) in [7, 11) is 0. The molecule has 138 valence electrons. The molecular weight excluding hydrogens is 356 g/mol. The lowest BCUT2D eigenvalue weighted by molar-refractivity contribution is -0.130. The average Bonchev–Trinajstić information content (AvgIpc) is 2.88. The Balaban J connectivity index is 1.62. The number of aromatic nitrogens is 2. The van der Waals surface area contributed by atoms with Gasteiger partial charge in [-0.25, -0.2) is 5.43 Å². The summed E-state index contributed by atoms with van der Waals surface area (Å²) in [6, 6.07) is 7.21. The van der Waals surface area contributed by atoms with Crippen LogP contribution in [0.25, 0.3) is 0 Å². The van der Waals surface area contributed by atoms with E-state index in [9.17, 15) is 4.79 Å². The Labute approximate surface area is 156 Å². The minimum Gasteiger partial charge on any atom is -0.485 e. The van der Waals surface area contributed by atoms with E-state index in [1.807, 2.05) is 19.1 Å². The summed E-state index contributed by atoms with van der Waals surface area (Å²) in [5, 5.41) is 8.89. The molecule has 0 unspecified atom stereocenters. The molecule has 8 heteroatoms. The Kier molecular flexibility index (Phi) is 5.46. The molecule has 3 rings (SSSR count). The number of rotatable bonds is 5. The number of ether oxygens (including phenoxy) is 2. The van der Waals surface area contributed by atoms with Gasteiger partial charge in [0.05, 0.1) is 17.5 Å². The predicted molar refractivity (Wildman–Crippen MR) is 98.9 cm³/mol.